The molecule has 0 spiro atoms. The molecular formula is C16H24O4. The van der Waals surface area contributed by atoms with E-state index in [4.69, 9.17) is 4.74 Å². The van der Waals surface area contributed by atoms with Gasteiger partial charge in [0.1, 0.15) is 5.76 Å². The van der Waals surface area contributed by atoms with Crippen LogP contribution >= 0.6 is 0 Å². The molecule has 0 bridgehead atoms. The first-order chi connectivity index (χ1) is 9.60. The summed E-state index contributed by atoms with van der Waals surface area (Å²) in [5.74, 6) is -2.22. The van der Waals surface area contributed by atoms with Gasteiger partial charge in [0.15, 0.2) is 17.5 Å². The van der Waals surface area contributed by atoms with Crippen LogP contribution in [0.15, 0.2) is 11.8 Å². The second-order valence-electron chi connectivity index (χ2n) is 5.25. The molecule has 0 aliphatic carbocycles. The zero-order valence-electron chi connectivity index (χ0n) is 12.4. The summed E-state index contributed by atoms with van der Waals surface area (Å²) in [6.07, 6.45) is 7.82. The summed E-state index contributed by atoms with van der Waals surface area (Å²) in [7, 11) is 0. The Morgan fingerprint density at radius 1 is 1.10 bits per heavy atom. The van der Waals surface area contributed by atoms with Crippen molar-refractivity contribution in [3.63, 3.8) is 0 Å². The summed E-state index contributed by atoms with van der Waals surface area (Å²) >= 11 is 0. The van der Waals surface area contributed by atoms with Gasteiger partial charge < -0.3 is 4.74 Å². The van der Waals surface area contributed by atoms with Gasteiger partial charge in [0.05, 0.1) is 0 Å². The molecule has 0 radical (unpaired) electrons. The molecule has 0 N–H and O–H groups in total. The maximum atomic E-state index is 11.9. The third-order valence-electron chi connectivity index (χ3n) is 3.43. The number of unbranched alkanes of at least 4 members (excludes halogenated alkanes) is 4. The largest absolute Gasteiger partial charge is 0.430 e. The van der Waals surface area contributed by atoms with E-state index in [1.54, 1.807) is 0 Å². The molecule has 1 aliphatic rings. The van der Waals surface area contributed by atoms with E-state index < -0.39 is 17.7 Å². The van der Waals surface area contributed by atoms with Gasteiger partial charge in [0, 0.05) is 18.9 Å². The van der Waals surface area contributed by atoms with Crippen LogP contribution in [0.4, 0.5) is 0 Å². The fourth-order valence-electron chi connectivity index (χ4n) is 2.23. The first-order valence-electron chi connectivity index (χ1n) is 7.59. The van der Waals surface area contributed by atoms with Crippen molar-refractivity contribution in [3.8, 4) is 0 Å². The van der Waals surface area contributed by atoms with Gasteiger partial charge >= 0.3 is 5.97 Å². The summed E-state index contributed by atoms with van der Waals surface area (Å²) in [5.41, 5.74) is 0. The highest BCUT2D eigenvalue weighted by Gasteiger charge is 2.37. The monoisotopic (exact) mass is 280 g/mol. The smallest absolute Gasteiger partial charge is 0.329 e. The molecule has 1 heterocycles. The Kier molecular flexibility index (Phi) is 7.20. The summed E-state index contributed by atoms with van der Waals surface area (Å²) in [5, 5.41) is 0. The van der Waals surface area contributed by atoms with E-state index in [1.807, 2.05) is 6.92 Å². The second kappa shape index (κ2) is 8.67. The van der Waals surface area contributed by atoms with Gasteiger partial charge in [0.25, 0.3) is 0 Å². The van der Waals surface area contributed by atoms with Crippen molar-refractivity contribution in [3.05, 3.63) is 11.8 Å². The first kappa shape index (κ1) is 16.6. The van der Waals surface area contributed by atoms with Crippen LogP contribution in [0.5, 0.6) is 0 Å². The van der Waals surface area contributed by atoms with E-state index in [9.17, 15) is 14.4 Å². The predicted octanol–water partition coefficient (Wildman–Crippen LogP) is 3.34. The number of hydrogen-bond acceptors (Lipinski definition) is 4. The number of allylic oxidation sites excluding steroid dienone is 2. The maximum Gasteiger partial charge on any atom is 0.329 e. The SMILES string of the molecule is CCCCCC(=O)C1C(=O)C=C(CCCCC)OC1=O. The summed E-state index contributed by atoms with van der Waals surface area (Å²) < 4.78 is 5.12. The number of cyclic esters (lactones) is 1. The van der Waals surface area contributed by atoms with Crippen molar-refractivity contribution < 1.29 is 19.1 Å². The Labute approximate surface area is 120 Å². The van der Waals surface area contributed by atoms with Crippen LogP contribution in [-0.2, 0) is 19.1 Å². The number of esters is 1. The summed E-state index contributed by atoms with van der Waals surface area (Å²) in [4.78, 5) is 35.7. The van der Waals surface area contributed by atoms with Crippen molar-refractivity contribution in [2.45, 2.75) is 65.2 Å². The van der Waals surface area contributed by atoms with E-state index in [1.165, 1.54) is 6.08 Å². The van der Waals surface area contributed by atoms with Crippen molar-refractivity contribution in [2.24, 2.45) is 5.92 Å². The molecule has 0 aromatic carbocycles. The van der Waals surface area contributed by atoms with Gasteiger partial charge in [-0.1, -0.05) is 39.5 Å². The quantitative estimate of drug-likeness (QED) is 0.369. The minimum atomic E-state index is -1.22. The van der Waals surface area contributed by atoms with E-state index in [0.717, 1.165) is 38.5 Å². The van der Waals surface area contributed by atoms with E-state index >= 15 is 0 Å². The lowest BCUT2D eigenvalue weighted by Crippen LogP contribution is -2.35. The third-order valence-corrected chi connectivity index (χ3v) is 3.43. The Bertz CT molecular complexity index is 395. The average molecular weight is 280 g/mol. The fraction of sp³-hybridized carbons (Fsp3) is 0.688. The van der Waals surface area contributed by atoms with Crippen molar-refractivity contribution >= 4 is 17.5 Å². The zero-order chi connectivity index (χ0) is 15.0. The Hall–Kier alpha value is -1.45. The lowest BCUT2D eigenvalue weighted by molar-refractivity contribution is -0.153. The summed E-state index contributed by atoms with van der Waals surface area (Å²) in [6.45, 7) is 4.12. The molecule has 112 valence electrons. The third kappa shape index (κ3) is 4.91. The highest BCUT2D eigenvalue weighted by molar-refractivity contribution is 6.22. The highest BCUT2D eigenvalue weighted by atomic mass is 16.5. The van der Waals surface area contributed by atoms with Gasteiger partial charge in [-0.2, -0.15) is 0 Å². The van der Waals surface area contributed by atoms with Crippen LogP contribution < -0.4 is 0 Å². The van der Waals surface area contributed by atoms with Gasteiger partial charge in [-0.15, -0.1) is 0 Å². The van der Waals surface area contributed by atoms with Crippen molar-refractivity contribution in [2.75, 3.05) is 0 Å². The summed E-state index contributed by atoms with van der Waals surface area (Å²) in [6, 6.07) is 0. The number of ketones is 2. The van der Waals surface area contributed by atoms with Crippen LogP contribution in [0.2, 0.25) is 0 Å². The fourth-order valence-corrected chi connectivity index (χ4v) is 2.23. The molecule has 0 aromatic heterocycles. The number of carbonyl (C=O) groups excluding carboxylic acids is 3. The van der Waals surface area contributed by atoms with Gasteiger partial charge in [-0.25, -0.2) is 0 Å². The standard InChI is InChI=1S/C16H24O4/c1-3-5-7-9-12-11-14(18)15(16(19)20-12)13(17)10-8-6-4-2/h11,15H,3-10H2,1-2H3. The van der Waals surface area contributed by atoms with Gasteiger partial charge in [-0.05, 0) is 12.8 Å². The van der Waals surface area contributed by atoms with E-state index in [2.05, 4.69) is 6.92 Å². The Morgan fingerprint density at radius 3 is 2.35 bits per heavy atom. The molecule has 0 aromatic rings. The molecular weight excluding hydrogens is 256 g/mol. The average Bonchev–Trinajstić information content (AvgIpc) is 2.38. The number of Topliss-reactive ketones (excluding diaryl/α,β-unsaturated/α-hetero) is 1. The lowest BCUT2D eigenvalue weighted by Gasteiger charge is -2.19. The lowest BCUT2D eigenvalue weighted by atomic mass is 9.92. The minimum Gasteiger partial charge on any atom is -0.430 e. The second-order valence-corrected chi connectivity index (χ2v) is 5.25. The van der Waals surface area contributed by atoms with Crippen LogP contribution in [-0.4, -0.2) is 17.5 Å². The Balaban J connectivity index is 2.57. The predicted molar refractivity (Wildman–Crippen MR) is 76.0 cm³/mol. The molecule has 4 nitrogen and oxygen atoms in total. The Morgan fingerprint density at radius 2 is 1.75 bits per heavy atom. The molecule has 4 heteroatoms. The van der Waals surface area contributed by atoms with Crippen molar-refractivity contribution in [1.82, 2.24) is 0 Å². The minimum absolute atomic E-state index is 0.276. The topological polar surface area (TPSA) is 60.4 Å². The van der Waals surface area contributed by atoms with Crippen LogP contribution in [0.3, 0.4) is 0 Å². The van der Waals surface area contributed by atoms with Crippen molar-refractivity contribution in [1.29, 1.82) is 0 Å². The molecule has 1 atom stereocenters. The molecule has 0 saturated carbocycles. The highest BCUT2D eigenvalue weighted by Crippen LogP contribution is 2.21. The first-order valence-corrected chi connectivity index (χ1v) is 7.59. The van der Waals surface area contributed by atoms with Gasteiger partial charge in [-0.3, -0.25) is 14.4 Å². The molecule has 1 aliphatic heterocycles. The van der Waals surface area contributed by atoms with Crippen LogP contribution in [0.1, 0.15) is 65.2 Å². The molecule has 1 rings (SSSR count). The zero-order valence-corrected chi connectivity index (χ0v) is 12.4. The van der Waals surface area contributed by atoms with Gasteiger partial charge in [0.2, 0.25) is 0 Å². The normalized spacial score (nSPS) is 18.7. The molecule has 0 saturated heterocycles. The number of hydrogen-bond donors (Lipinski definition) is 0. The number of carbonyl (C=O) groups is 3. The van der Waals surface area contributed by atoms with E-state index in [0.29, 0.717) is 12.2 Å². The van der Waals surface area contributed by atoms with E-state index in [-0.39, 0.29) is 12.2 Å². The molecule has 20 heavy (non-hydrogen) atoms. The molecule has 0 fully saturated rings. The van der Waals surface area contributed by atoms with Crippen LogP contribution in [0.25, 0.3) is 0 Å². The molecule has 0 amide bonds. The number of ether oxygens (including phenoxy) is 1. The molecule has 1 unspecified atom stereocenters. The van der Waals surface area contributed by atoms with Crippen LogP contribution in [0, 0.1) is 5.92 Å². The number of rotatable bonds is 9. The maximum absolute atomic E-state index is 11.9.